The van der Waals surface area contributed by atoms with Crippen LogP contribution >= 0.6 is 11.6 Å². The lowest BCUT2D eigenvalue weighted by molar-refractivity contribution is 0.192. The SMILES string of the molecule is O=C(Cl)N1CCN(C2CC2)C1=O. The molecule has 66 valence electrons. The first-order valence-corrected chi connectivity index (χ1v) is 4.35. The summed E-state index contributed by atoms with van der Waals surface area (Å²) in [6.07, 6.45) is 2.13. The van der Waals surface area contributed by atoms with E-state index in [9.17, 15) is 9.59 Å². The van der Waals surface area contributed by atoms with Gasteiger partial charge in [-0.2, -0.15) is 0 Å². The molecule has 5 heteroatoms. The van der Waals surface area contributed by atoms with Crippen molar-refractivity contribution in [2.24, 2.45) is 0 Å². The van der Waals surface area contributed by atoms with Crippen molar-refractivity contribution in [1.29, 1.82) is 0 Å². The largest absolute Gasteiger partial charge is 0.328 e. The van der Waals surface area contributed by atoms with Gasteiger partial charge in [0.2, 0.25) is 0 Å². The Bertz CT molecular complexity index is 240. The summed E-state index contributed by atoms with van der Waals surface area (Å²) >= 11 is 5.21. The molecule has 4 nitrogen and oxygen atoms in total. The van der Waals surface area contributed by atoms with Crippen LogP contribution in [0.25, 0.3) is 0 Å². The van der Waals surface area contributed by atoms with E-state index >= 15 is 0 Å². The molecule has 1 saturated carbocycles. The Morgan fingerprint density at radius 3 is 2.50 bits per heavy atom. The zero-order valence-corrected chi connectivity index (χ0v) is 7.25. The summed E-state index contributed by atoms with van der Waals surface area (Å²) in [5.74, 6) is 0. The van der Waals surface area contributed by atoms with E-state index < -0.39 is 5.37 Å². The first-order chi connectivity index (χ1) is 5.70. The molecule has 0 bridgehead atoms. The highest BCUT2D eigenvalue weighted by Gasteiger charge is 2.40. The summed E-state index contributed by atoms with van der Waals surface area (Å²) in [6, 6.07) is 0.149. The number of rotatable bonds is 1. The lowest BCUT2D eigenvalue weighted by Crippen LogP contribution is -2.34. The summed E-state index contributed by atoms with van der Waals surface area (Å²) in [5.41, 5.74) is 0. The molecular weight excluding hydrogens is 180 g/mol. The second-order valence-corrected chi connectivity index (χ2v) is 3.44. The van der Waals surface area contributed by atoms with Crippen molar-refractivity contribution in [3.63, 3.8) is 0 Å². The number of imide groups is 1. The lowest BCUT2D eigenvalue weighted by atomic mass is 10.5. The summed E-state index contributed by atoms with van der Waals surface area (Å²) < 4.78 is 0. The highest BCUT2D eigenvalue weighted by molar-refractivity contribution is 6.64. The van der Waals surface area contributed by atoms with Gasteiger partial charge in [0.05, 0.1) is 0 Å². The molecule has 1 heterocycles. The quantitative estimate of drug-likeness (QED) is 0.459. The van der Waals surface area contributed by atoms with Gasteiger partial charge < -0.3 is 4.90 Å². The Kier molecular flexibility index (Phi) is 1.72. The van der Waals surface area contributed by atoms with Crippen LogP contribution in [0.4, 0.5) is 9.59 Å². The van der Waals surface area contributed by atoms with Crippen molar-refractivity contribution in [2.45, 2.75) is 18.9 Å². The van der Waals surface area contributed by atoms with Crippen LogP contribution < -0.4 is 0 Å². The fourth-order valence-electron chi connectivity index (χ4n) is 1.44. The predicted octanol–water partition coefficient (Wildman–Crippen LogP) is 1.25. The van der Waals surface area contributed by atoms with Gasteiger partial charge in [-0.3, -0.25) is 4.79 Å². The maximum atomic E-state index is 11.4. The van der Waals surface area contributed by atoms with E-state index in [0.29, 0.717) is 19.1 Å². The molecule has 2 rings (SSSR count). The number of hydrogen-bond donors (Lipinski definition) is 0. The number of hydrogen-bond acceptors (Lipinski definition) is 2. The minimum absolute atomic E-state index is 0.225. The van der Waals surface area contributed by atoms with Crippen LogP contribution in [0.1, 0.15) is 12.8 Å². The van der Waals surface area contributed by atoms with Crippen LogP contribution in [0.2, 0.25) is 0 Å². The maximum absolute atomic E-state index is 11.4. The molecular formula is C7H9ClN2O2. The van der Waals surface area contributed by atoms with E-state index in [1.807, 2.05) is 0 Å². The fourth-order valence-corrected chi connectivity index (χ4v) is 1.60. The van der Waals surface area contributed by atoms with Crippen molar-refractivity contribution >= 4 is 23.0 Å². The first kappa shape index (κ1) is 7.86. The third-order valence-corrected chi connectivity index (χ3v) is 2.45. The van der Waals surface area contributed by atoms with E-state index in [2.05, 4.69) is 0 Å². The zero-order valence-electron chi connectivity index (χ0n) is 6.49. The Balaban J connectivity index is 2.05. The van der Waals surface area contributed by atoms with Gasteiger partial charge >= 0.3 is 11.4 Å². The second kappa shape index (κ2) is 2.62. The van der Waals surface area contributed by atoms with Crippen molar-refractivity contribution in [2.75, 3.05) is 13.1 Å². The van der Waals surface area contributed by atoms with Gasteiger partial charge in [0.15, 0.2) is 0 Å². The Morgan fingerprint density at radius 2 is 2.08 bits per heavy atom. The number of urea groups is 1. The highest BCUT2D eigenvalue weighted by atomic mass is 35.5. The van der Waals surface area contributed by atoms with E-state index in [-0.39, 0.29) is 6.03 Å². The molecule has 0 aromatic rings. The first-order valence-electron chi connectivity index (χ1n) is 3.98. The molecule has 3 amide bonds. The van der Waals surface area contributed by atoms with Crippen LogP contribution in [-0.2, 0) is 0 Å². The third-order valence-electron chi connectivity index (χ3n) is 2.24. The molecule has 1 aliphatic heterocycles. The predicted molar refractivity (Wildman–Crippen MR) is 43.1 cm³/mol. The molecule has 0 aromatic heterocycles. The number of amides is 3. The molecule has 1 saturated heterocycles. The van der Waals surface area contributed by atoms with Crippen molar-refractivity contribution in [3.05, 3.63) is 0 Å². The van der Waals surface area contributed by atoms with Crippen molar-refractivity contribution in [1.82, 2.24) is 9.80 Å². The van der Waals surface area contributed by atoms with Crippen LogP contribution in [0.3, 0.4) is 0 Å². The average molecular weight is 189 g/mol. The Hall–Kier alpha value is -0.770. The molecule has 0 unspecified atom stereocenters. The van der Waals surface area contributed by atoms with E-state index in [1.54, 1.807) is 4.90 Å². The lowest BCUT2D eigenvalue weighted by Gasteiger charge is -2.14. The standard InChI is InChI=1S/C7H9ClN2O2/c8-6(11)10-4-3-9(7(10)12)5-1-2-5/h5H,1-4H2. The number of halogens is 1. The molecule has 0 atom stereocenters. The molecule has 0 aromatic carbocycles. The minimum atomic E-state index is -0.664. The molecule has 0 radical (unpaired) electrons. The van der Waals surface area contributed by atoms with E-state index in [4.69, 9.17) is 11.6 Å². The molecule has 12 heavy (non-hydrogen) atoms. The Labute approximate surface area is 75.1 Å². The summed E-state index contributed by atoms with van der Waals surface area (Å²) in [7, 11) is 0. The van der Waals surface area contributed by atoms with Gasteiger partial charge in [-0.15, -0.1) is 0 Å². The molecule has 0 N–H and O–H groups in total. The molecule has 2 aliphatic rings. The topological polar surface area (TPSA) is 40.6 Å². The van der Waals surface area contributed by atoms with Crippen LogP contribution in [0.5, 0.6) is 0 Å². The zero-order chi connectivity index (χ0) is 8.72. The summed E-state index contributed by atoms with van der Waals surface area (Å²) in [6.45, 7) is 1.08. The minimum Gasteiger partial charge on any atom is -0.319 e. The van der Waals surface area contributed by atoms with Gasteiger partial charge in [-0.1, -0.05) is 0 Å². The van der Waals surface area contributed by atoms with E-state index in [0.717, 1.165) is 17.7 Å². The highest BCUT2D eigenvalue weighted by Crippen LogP contribution is 2.30. The third kappa shape index (κ3) is 1.16. The van der Waals surface area contributed by atoms with Crippen LogP contribution in [0, 0.1) is 0 Å². The maximum Gasteiger partial charge on any atom is 0.328 e. The Morgan fingerprint density at radius 1 is 1.42 bits per heavy atom. The van der Waals surface area contributed by atoms with Crippen LogP contribution in [-0.4, -0.2) is 40.3 Å². The molecule has 0 spiro atoms. The van der Waals surface area contributed by atoms with Gasteiger partial charge in [0, 0.05) is 19.1 Å². The number of carbonyl (C=O) groups excluding carboxylic acids is 2. The van der Waals surface area contributed by atoms with Crippen molar-refractivity contribution < 1.29 is 9.59 Å². The number of carbonyl (C=O) groups is 2. The fraction of sp³-hybridized carbons (Fsp3) is 0.714. The summed E-state index contributed by atoms with van der Waals surface area (Å²) in [4.78, 5) is 24.9. The number of nitrogens with zero attached hydrogens (tertiary/aromatic N) is 2. The van der Waals surface area contributed by atoms with Crippen LogP contribution in [0.15, 0.2) is 0 Å². The summed E-state index contributed by atoms with van der Waals surface area (Å²) in [5, 5.41) is -0.664. The monoisotopic (exact) mass is 188 g/mol. The van der Waals surface area contributed by atoms with Crippen molar-refractivity contribution in [3.8, 4) is 0 Å². The second-order valence-electron chi connectivity index (χ2n) is 3.11. The normalized spacial score (nSPS) is 23.6. The van der Waals surface area contributed by atoms with Gasteiger partial charge in [0.1, 0.15) is 0 Å². The molecule has 2 fully saturated rings. The van der Waals surface area contributed by atoms with Gasteiger partial charge in [-0.05, 0) is 24.4 Å². The molecule has 1 aliphatic carbocycles. The van der Waals surface area contributed by atoms with Gasteiger partial charge in [-0.25, -0.2) is 9.69 Å². The smallest absolute Gasteiger partial charge is 0.319 e. The average Bonchev–Trinajstić information content (AvgIpc) is 2.75. The van der Waals surface area contributed by atoms with Gasteiger partial charge in [0.25, 0.3) is 0 Å². The van der Waals surface area contributed by atoms with E-state index in [1.165, 1.54) is 0 Å².